The molecule has 3 amide bonds. The first kappa shape index (κ1) is 16.9. The Balaban J connectivity index is 2.42. The van der Waals surface area contributed by atoms with E-state index in [9.17, 15) is 9.59 Å². The number of urea groups is 1. The van der Waals surface area contributed by atoms with Crippen LogP contribution in [0.1, 0.15) is 40.0 Å². The summed E-state index contributed by atoms with van der Waals surface area (Å²) in [4.78, 5) is 25.5. The van der Waals surface area contributed by atoms with Gasteiger partial charge in [-0.05, 0) is 19.3 Å². The molecule has 2 atom stereocenters. The Morgan fingerprint density at radius 1 is 1.25 bits per heavy atom. The third-order valence-electron chi connectivity index (χ3n) is 3.71. The van der Waals surface area contributed by atoms with E-state index in [1.54, 1.807) is 0 Å². The second-order valence-electron chi connectivity index (χ2n) is 5.31. The van der Waals surface area contributed by atoms with Crippen LogP contribution in [0.25, 0.3) is 0 Å². The van der Waals surface area contributed by atoms with E-state index < -0.39 is 6.03 Å². The van der Waals surface area contributed by atoms with Crippen molar-refractivity contribution in [3.05, 3.63) is 0 Å². The molecule has 2 unspecified atom stereocenters. The quantitative estimate of drug-likeness (QED) is 0.671. The van der Waals surface area contributed by atoms with E-state index in [1.807, 2.05) is 6.92 Å². The Bertz CT molecular complexity index is 322. The molecule has 0 radical (unpaired) electrons. The number of imide groups is 1. The fourth-order valence-electron chi connectivity index (χ4n) is 2.43. The molecular formula is C14H28N4O2. The molecule has 0 aromatic rings. The predicted octanol–water partition coefficient (Wildman–Crippen LogP) is 0.685. The van der Waals surface area contributed by atoms with Gasteiger partial charge in [-0.15, -0.1) is 0 Å². The van der Waals surface area contributed by atoms with E-state index in [4.69, 9.17) is 0 Å². The van der Waals surface area contributed by atoms with E-state index in [0.717, 1.165) is 32.4 Å². The van der Waals surface area contributed by atoms with Gasteiger partial charge in [-0.2, -0.15) is 0 Å². The van der Waals surface area contributed by atoms with Crippen molar-refractivity contribution in [3.63, 3.8) is 0 Å². The van der Waals surface area contributed by atoms with Crippen molar-refractivity contribution in [1.82, 2.24) is 20.9 Å². The molecule has 1 fully saturated rings. The highest BCUT2D eigenvalue weighted by molar-refractivity contribution is 5.95. The first-order valence-corrected chi connectivity index (χ1v) is 7.65. The Morgan fingerprint density at radius 3 is 2.60 bits per heavy atom. The summed E-state index contributed by atoms with van der Waals surface area (Å²) >= 11 is 0. The number of nitrogens with one attached hydrogen (secondary N) is 3. The minimum absolute atomic E-state index is 0.228. The molecule has 1 heterocycles. The van der Waals surface area contributed by atoms with Crippen LogP contribution >= 0.6 is 0 Å². The molecule has 1 aliphatic heterocycles. The topological polar surface area (TPSA) is 73.5 Å². The van der Waals surface area contributed by atoms with Gasteiger partial charge in [0.2, 0.25) is 5.91 Å². The van der Waals surface area contributed by atoms with Crippen molar-refractivity contribution in [2.24, 2.45) is 0 Å². The summed E-state index contributed by atoms with van der Waals surface area (Å²) in [6, 6.07) is 0.397. The zero-order valence-corrected chi connectivity index (χ0v) is 12.9. The first-order chi connectivity index (χ1) is 9.60. The monoisotopic (exact) mass is 284 g/mol. The summed E-state index contributed by atoms with van der Waals surface area (Å²) < 4.78 is 0. The standard InChI is InChI=1S/C14H28N4O2/c1-4-7-15-14(20)17-13(19)10-18-9-11(5-2)16-8-12(18)6-3/h11-12,16H,4-10H2,1-3H3,(H2,15,17,19,20). The predicted molar refractivity (Wildman–Crippen MR) is 79.6 cm³/mol. The molecule has 0 aromatic carbocycles. The molecule has 0 saturated carbocycles. The van der Waals surface area contributed by atoms with Crippen LogP contribution in [0, 0.1) is 0 Å². The Hall–Kier alpha value is -1.14. The van der Waals surface area contributed by atoms with Gasteiger partial charge in [0.15, 0.2) is 0 Å². The molecule has 6 heteroatoms. The summed E-state index contributed by atoms with van der Waals surface area (Å²) in [5.41, 5.74) is 0. The number of amides is 3. The van der Waals surface area contributed by atoms with Crippen molar-refractivity contribution >= 4 is 11.9 Å². The summed E-state index contributed by atoms with van der Waals surface area (Å²) in [6.07, 6.45) is 2.90. The van der Waals surface area contributed by atoms with Crippen molar-refractivity contribution in [2.75, 3.05) is 26.2 Å². The fraction of sp³-hybridized carbons (Fsp3) is 0.857. The lowest BCUT2D eigenvalue weighted by atomic mass is 10.1. The smallest absolute Gasteiger partial charge is 0.321 e. The molecule has 3 N–H and O–H groups in total. The third kappa shape index (κ3) is 5.46. The van der Waals surface area contributed by atoms with Crippen LogP contribution < -0.4 is 16.0 Å². The highest BCUT2D eigenvalue weighted by Crippen LogP contribution is 2.11. The van der Waals surface area contributed by atoms with Gasteiger partial charge in [-0.3, -0.25) is 15.0 Å². The molecule has 1 saturated heterocycles. The van der Waals surface area contributed by atoms with Gasteiger partial charge in [0.1, 0.15) is 0 Å². The molecule has 0 aliphatic carbocycles. The molecule has 6 nitrogen and oxygen atoms in total. The number of hydrogen-bond donors (Lipinski definition) is 3. The normalized spacial score (nSPS) is 23.4. The number of piperazine rings is 1. The minimum atomic E-state index is -0.396. The van der Waals surface area contributed by atoms with Crippen LogP contribution in [0.15, 0.2) is 0 Å². The van der Waals surface area contributed by atoms with Gasteiger partial charge >= 0.3 is 6.03 Å². The number of hydrogen-bond acceptors (Lipinski definition) is 4. The van der Waals surface area contributed by atoms with E-state index >= 15 is 0 Å². The maximum atomic E-state index is 11.9. The minimum Gasteiger partial charge on any atom is -0.338 e. The van der Waals surface area contributed by atoms with Crippen LogP contribution in [0.3, 0.4) is 0 Å². The van der Waals surface area contributed by atoms with E-state index in [-0.39, 0.29) is 12.5 Å². The zero-order chi connectivity index (χ0) is 15.0. The van der Waals surface area contributed by atoms with Crippen LogP contribution in [0.2, 0.25) is 0 Å². The van der Waals surface area contributed by atoms with Crippen LogP contribution in [-0.2, 0) is 4.79 Å². The molecule has 116 valence electrons. The van der Waals surface area contributed by atoms with Crippen LogP contribution in [0.4, 0.5) is 4.79 Å². The van der Waals surface area contributed by atoms with Gasteiger partial charge in [0.25, 0.3) is 0 Å². The Labute approximate surface area is 121 Å². The van der Waals surface area contributed by atoms with Gasteiger partial charge in [-0.1, -0.05) is 20.8 Å². The van der Waals surface area contributed by atoms with E-state index in [2.05, 4.69) is 34.7 Å². The maximum Gasteiger partial charge on any atom is 0.321 e. The maximum absolute atomic E-state index is 11.9. The molecule has 0 spiro atoms. The second-order valence-corrected chi connectivity index (χ2v) is 5.31. The molecule has 20 heavy (non-hydrogen) atoms. The van der Waals surface area contributed by atoms with Crippen LogP contribution in [0.5, 0.6) is 0 Å². The highest BCUT2D eigenvalue weighted by Gasteiger charge is 2.27. The SMILES string of the molecule is CCCNC(=O)NC(=O)CN1CC(CC)NCC1CC. The molecule has 0 bridgehead atoms. The summed E-state index contributed by atoms with van der Waals surface area (Å²) in [5, 5.41) is 8.52. The number of carbonyl (C=O) groups is 2. The highest BCUT2D eigenvalue weighted by atomic mass is 16.2. The molecular weight excluding hydrogens is 256 g/mol. The average molecular weight is 284 g/mol. The molecule has 0 aromatic heterocycles. The van der Waals surface area contributed by atoms with Crippen LogP contribution in [-0.4, -0.2) is 55.1 Å². The number of carbonyl (C=O) groups excluding carboxylic acids is 2. The summed E-state index contributed by atoms with van der Waals surface area (Å²) in [5.74, 6) is -0.228. The first-order valence-electron chi connectivity index (χ1n) is 7.65. The van der Waals surface area contributed by atoms with Crippen molar-refractivity contribution < 1.29 is 9.59 Å². The average Bonchev–Trinajstić information content (AvgIpc) is 2.44. The lowest BCUT2D eigenvalue weighted by molar-refractivity contribution is -0.122. The lowest BCUT2D eigenvalue weighted by Crippen LogP contribution is -2.58. The third-order valence-corrected chi connectivity index (χ3v) is 3.71. The van der Waals surface area contributed by atoms with Crippen molar-refractivity contribution in [2.45, 2.75) is 52.1 Å². The number of rotatable bonds is 6. The Morgan fingerprint density at radius 2 is 2.00 bits per heavy atom. The van der Waals surface area contributed by atoms with Gasteiger partial charge in [0.05, 0.1) is 6.54 Å². The lowest BCUT2D eigenvalue weighted by Gasteiger charge is -2.39. The van der Waals surface area contributed by atoms with Gasteiger partial charge in [-0.25, -0.2) is 4.79 Å². The van der Waals surface area contributed by atoms with Gasteiger partial charge < -0.3 is 10.6 Å². The van der Waals surface area contributed by atoms with Crippen molar-refractivity contribution in [3.8, 4) is 0 Å². The van der Waals surface area contributed by atoms with E-state index in [0.29, 0.717) is 18.6 Å². The van der Waals surface area contributed by atoms with E-state index in [1.165, 1.54) is 0 Å². The molecule has 1 rings (SSSR count). The summed E-state index contributed by atoms with van der Waals surface area (Å²) in [7, 11) is 0. The zero-order valence-electron chi connectivity index (χ0n) is 12.9. The fourth-order valence-corrected chi connectivity index (χ4v) is 2.43. The van der Waals surface area contributed by atoms with Crippen molar-refractivity contribution in [1.29, 1.82) is 0 Å². The molecule has 1 aliphatic rings. The number of nitrogens with zero attached hydrogens (tertiary/aromatic N) is 1. The summed E-state index contributed by atoms with van der Waals surface area (Å²) in [6.45, 7) is 8.87. The Kier molecular flexibility index (Phi) is 7.54. The largest absolute Gasteiger partial charge is 0.338 e. The van der Waals surface area contributed by atoms with Gasteiger partial charge in [0, 0.05) is 31.7 Å². The second kappa shape index (κ2) is 8.92.